The Labute approximate surface area is 149 Å². The third kappa shape index (κ3) is 5.00. The molecule has 0 radical (unpaired) electrons. The fourth-order valence-electron chi connectivity index (χ4n) is 1.48. The van der Waals surface area contributed by atoms with Crippen molar-refractivity contribution < 1.29 is 9.53 Å². The molecule has 100 valence electrons. The van der Waals surface area contributed by atoms with Crippen LogP contribution in [0, 0.1) is 0 Å². The van der Waals surface area contributed by atoms with Crippen LogP contribution in [-0.4, -0.2) is 42.1 Å². The van der Waals surface area contributed by atoms with E-state index in [2.05, 4.69) is 5.32 Å². The van der Waals surface area contributed by atoms with Crippen LogP contribution in [0.1, 0.15) is 0 Å². The Kier molecular flexibility index (Phi) is 7.41. The van der Waals surface area contributed by atoms with Gasteiger partial charge in [0.05, 0.1) is 15.7 Å². The van der Waals surface area contributed by atoms with Crippen LogP contribution in [0.2, 0.25) is 10.0 Å². The molecule has 1 N–H and O–H groups in total. The van der Waals surface area contributed by atoms with E-state index in [1.54, 1.807) is 42.5 Å². The second-order valence-electron chi connectivity index (χ2n) is 3.74. The van der Waals surface area contributed by atoms with Crippen molar-refractivity contribution in [2.75, 3.05) is 11.9 Å². The van der Waals surface area contributed by atoms with E-state index in [9.17, 15) is 4.79 Å². The number of nitrogens with one attached hydrogen (secondary N) is 1. The number of hydrogen-bond acceptors (Lipinski definition) is 3. The molecule has 0 unspecified atom stereocenters. The molecule has 0 aromatic heterocycles. The van der Waals surface area contributed by atoms with Gasteiger partial charge in [-0.1, -0.05) is 47.5 Å². The van der Waals surface area contributed by atoms with Crippen LogP contribution in [0.25, 0.3) is 0 Å². The number of benzene rings is 2. The number of carbonyl (C=O) groups is 1. The summed E-state index contributed by atoms with van der Waals surface area (Å²) in [6.07, 6.45) is 0. The van der Waals surface area contributed by atoms with Crippen LogP contribution in [0.5, 0.6) is 5.75 Å². The summed E-state index contributed by atoms with van der Waals surface area (Å²) in [5.74, 6) is 0.0849. The van der Waals surface area contributed by atoms with Gasteiger partial charge in [-0.2, -0.15) is 0 Å². The zero-order valence-electron chi connectivity index (χ0n) is 9.90. The molecule has 6 heteroatoms. The first-order chi connectivity index (χ1) is 9.16. The second-order valence-corrected chi connectivity index (χ2v) is 4.55. The quantitative estimate of drug-likeness (QED) is 0.533. The van der Waals surface area contributed by atoms with Crippen molar-refractivity contribution in [2.24, 2.45) is 0 Å². The molecular weight excluding hydrogens is 308 g/mol. The number of ether oxygens (including phenoxy) is 1. The van der Waals surface area contributed by atoms with E-state index in [1.165, 1.54) is 0 Å². The van der Waals surface area contributed by atoms with Gasteiger partial charge < -0.3 is 10.1 Å². The predicted molar refractivity (Wildman–Crippen MR) is 84.2 cm³/mol. The number of para-hydroxylation sites is 2. The van der Waals surface area contributed by atoms with Crippen LogP contribution in [-0.2, 0) is 4.79 Å². The maximum atomic E-state index is 11.6. The normalized spacial score (nSPS) is 9.50. The molecule has 0 fully saturated rings. The van der Waals surface area contributed by atoms with Crippen LogP contribution < -0.4 is 10.1 Å². The number of halogens is 2. The van der Waals surface area contributed by atoms with E-state index < -0.39 is 5.97 Å². The van der Waals surface area contributed by atoms with Gasteiger partial charge in [-0.25, -0.2) is 4.79 Å². The summed E-state index contributed by atoms with van der Waals surface area (Å²) >= 11 is 11.9. The Morgan fingerprint density at radius 1 is 1.00 bits per heavy atom. The average Bonchev–Trinajstić information content (AvgIpc) is 2.39. The number of hydrogen-bond donors (Lipinski definition) is 1. The molecule has 0 amide bonds. The summed E-state index contributed by atoms with van der Waals surface area (Å²) in [5.41, 5.74) is 0.524. The molecule has 0 bridgehead atoms. The van der Waals surface area contributed by atoms with E-state index >= 15 is 0 Å². The Morgan fingerprint density at radius 2 is 1.60 bits per heavy atom. The van der Waals surface area contributed by atoms with Gasteiger partial charge in [-0.15, -0.1) is 0 Å². The Morgan fingerprint density at radius 3 is 2.20 bits per heavy atom. The van der Waals surface area contributed by atoms with E-state index in [1.807, 2.05) is 6.07 Å². The average molecular weight is 320 g/mol. The van der Waals surface area contributed by atoms with Gasteiger partial charge in [-0.3, -0.25) is 0 Å². The van der Waals surface area contributed by atoms with E-state index in [-0.39, 0.29) is 36.1 Å². The van der Waals surface area contributed by atoms with Crippen molar-refractivity contribution in [2.45, 2.75) is 0 Å². The van der Waals surface area contributed by atoms with E-state index in [0.29, 0.717) is 21.5 Å². The third-order valence-corrected chi connectivity index (χ3v) is 2.98. The molecule has 0 aliphatic rings. The predicted octanol–water partition coefficient (Wildman–Crippen LogP) is 3.36. The van der Waals surface area contributed by atoms with Crippen molar-refractivity contribution in [3.8, 4) is 5.75 Å². The van der Waals surface area contributed by atoms with Gasteiger partial charge in [0.1, 0.15) is 12.3 Å². The Bertz CT molecular complexity index is 558. The van der Waals surface area contributed by atoms with Crippen molar-refractivity contribution >= 4 is 64.4 Å². The summed E-state index contributed by atoms with van der Waals surface area (Å²) in [7, 11) is 0. The van der Waals surface area contributed by atoms with Gasteiger partial charge >= 0.3 is 35.5 Å². The number of rotatable bonds is 4. The molecule has 0 aliphatic heterocycles. The van der Waals surface area contributed by atoms with Crippen molar-refractivity contribution in [3.63, 3.8) is 0 Å². The molecule has 2 rings (SSSR count). The van der Waals surface area contributed by atoms with Crippen molar-refractivity contribution in [3.05, 3.63) is 58.6 Å². The number of anilines is 1. The topological polar surface area (TPSA) is 38.3 Å². The van der Waals surface area contributed by atoms with E-state index in [0.717, 1.165) is 0 Å². The molecule has 0 spiro atoms. The molecule has 0 aliphatic carbocycles. The van der Waals surface area contributed by atoms with Crippen molar-refractivity contribution in [1.82, 2.24) is 0 Å². The molecular formula is C14H12Cl2NNaO2. The molecule has 0 saturated heterocycles. The summed E-state index contributed by atoms with van der Waals surface area (Å²) in [4.78, 5) is 11.6. The number of carbonyl (C=O) groups excluding carboxylic acids is 1. The standard InChI is InChI=1S/C14H11Cl2NO2.Na.H/c15-11-7-4-8-12(16)14(11)17-9-13(18)19-10-5-2-1-3-6-10;;/h1-8,17H,9H2;;. The second kappa shape index (κ2) is 8.55. The fourth-order valence-corrected chi connectivity index (χ4v) is 2.01. The van der Waals surface area contributed by atoms with Crippen LogP contribution in [0.15, 0.2) is 48.5 Å². The first kappa shape index (κ1) is 17.3. The van der Waals surface area contributed by atoms with E-state index in [4.69, 9.17) is 27.9 Å². The Balaban J connectivity index is 0.00000200. The summed E-state index contributed by atoms with van der Waals surface area (Å²) in [5, 5.41) is 3.78. The van der Waals surface area contributed by atoms with Gasteiger partial charge in [0.25, 0.3) is 0 Å². The summed E-state index contributed by atoms with van der Waals surface area (Å²) in [6, 6.07) is 14.0. The summed E-state index contributed by atoms with van der Waals surface area (Å²) in [6.45, 7) is -0.0155. The molecule has 0 atom stereocenters. The van der Waals surface area contributed by atoms with Crippen LogP contribution in [0.3, 0.4) is 0 Å². The molecule has 2 aromatic rings. The first-order valence-electron chi connectivity index (χ1n) is 5.60. The molecule has 2 aromatic carbocycles. The fraction of sp³-hybridized carbons (Fsp3) is 0.0714. The number of esters is 1. The van der Waals surface area contributed by atoms with Gasteiger partial charge in [0.2, 0.25) is 0 Å². The zero-order valence-corrected chi connectivity index (χ0v) is 11.4. The zero-order chi connectivity index (χ0) is 13.7. The molecule has 20 heavy (non-hydrogen) atoms. The maximum absolute atomic E-state index is 11.6. The monoisotopic (exact) mass is 319 g/mol. The molecule has 0 saturated carbocycles. The van der Waals surface area contributed by atoms with Crippen LogP contribution in [0.4, 0.5) is 5.69 Å². The van der Waals surface area contributed by atoms with Gasteiger partial charge in [0.15, 0.2) is 0 Å². The third-order valence-electron chi connectivity index (χ3n) is 2.35. The minimum absolute atomic E-state index is 0. The Hall–Kier alpha value is -0.710. The SMILES string of the molecule is O=C(CNc1c(Cl)cccc1Cl)Oc1ccccc1.[NaH]. The van der Waals surface area contributed by atoms with Gasteiger partial charge in [-0.05, 0) is 24.3 Å². The molecule has 0 heterocycles. The first-order valence-corrected chi connectivity index (χ1v) is 6.36. The van der Waals surface area contributed by atoms with Gasteiger partial charge in [0, 0.05) is 0 Å². The molecule has 3 nitrogen and oxygen atoms in total. The van der Waals surface area contributed by atoms with Crippen molar-refractivity contribution in [1.29, 1.82) is 0 Å². The summed E-state index contributed by atoms with van der Waals surface area (Å²) < 4.78 is 5.13. The van der Waals surface area contributed by atoms with Crippen LogP contribution >= 0.6 is 23.2 Å². The minimum atomic E-state index is -0.415.